The molecular weight excluding hydrogens is 733 g/mol. The molecule has 57 heavy (non-hydrogen) atoms. The average molecular weight is 769 g/mol. The Bertz CT molecular complexity index is 3100. The number of thiophene rings is 1. The van der Waals surface area contributed by atoms with Gasteiger partial charge in [-0.1, -0.05) is 139 Å². The Morgan fingerprint density at radius 1 is 0.614 bits per heavy atom. The minimum Gasteiger partial charge on any atom is -0.350 e. The predicted octanol–water partition coefficient (Wildman–Crippen LogP) is 13.2. The van der Waals surface area contributed by atoms with Gasteiger partial charge >= 0.3 is 0 Å². The topological polar surface area (TPSA) is 41.4 Å². The zero-order valence-electron chi connectivity index (χ0n) is 30.9. The highest BCUT2D eigenvalue weighted by molar-refractivity contribution is 8.03. The molecule has 3 atom stereocenters. The van der Waals surface area contributed by atoms with E-state index in [2.05, 4.69) is 191 Å². The maximum atomic E-state index is 5.25. The summed E-state index contributed by atoms with van der Waals surface area (Å²) in [5.41, 5.74) is 11.3. The Morgan fingerprint density at radius 2 is 1.35 bits per heavy atom. The summed E-state index contributed by atoms with van der Waals surface area (Å²) in [5.74, 6) is 1.26. The molecule has 0 fully saturated rings. The molecule has 2 aromatic heterocycles. The molecule has 0 saturated carbocycles. The molecule has 0 spiro atoms. The molecule has 1 aliphatic carbocycles. The minimum atomic E-state index is -0.145. The van der Waals surface area contributed by atoms with Crippen molar-refractivity contribution < 1.29 is 0 Å². The van der Waals surface area contributed by atoms with Crippen LogP contribution in [0.5, 0.6) is 0 Å². The molecule has 3 aliphatic rings. The first-order valence-corrected chi connectivity index (χ1v) is 21.3. The molecule has 7 aromatic carbocycles. The van der Waals surface area contributed by atoms with Crippen molar-refractivity contribution in [3.63, 3.8) is 0 Å². The van der Waals surface area contributed by atoms with E-state index in [0.29, 0.717) is 5.92 Å². The number of hydrogen-bond donors (Lipinski definition) is 2. The van der Waals surface area contributed by atoms with Crippen molar-refractivity contribution in [3.05, 3.63) is 203 Å². The van der Waals surface area contributed by atoms with Crippen LogP contribution in [-0.4, -0.2) is 10.4 Å². The van der Waals surface area contributed by atoms with E-state index in [4.69, 9.17) is 4.99 Å². The first-order valence-electron chi connectivity index (χ1n) is 19.6. The van der Waals surface area contributed by atoms with E-state index in [9.17, 15) is 0 Å². The maximum Gasteiger partial charge on any atom is 0.131 e. The zero-order valence-corrected chi connectivity index (χ0v) is 32.5. The highest BCUT2D eigenvalue weighted by atomic mass is 32.2. The van der Waals surface area contributed by atoms with Gasteiger partial charge in [-0.25, -0.2) is 4.99 Å². The van der Waals surface area contributed by atoms with E-state index in [-0.39, 0.29) is 12.3 Å². The fraction of sp³-hybridized carbons (Fsp3) is 0.0784. The van der Waals surface area contributed by atoms with Gasteiger partial charge in [-0.15, -0.1) is 11.3 Å². The fourth-order valence-corrected chi connectivity index (χ4v) is 11.6. The Balaban J connectivity index is 0.885. The van der Waals surface area contributed by atoms with Crippen LogP contribution < -0.4 is 10.6 Å². The van der Waals surface area contributed by atoms with Crippen LogP contribution in [0.2, 0.25) is 0 Å². The number of nitrogens with one attached hydrogen (secondary N) is 2. The van der Waals surface area contributed by atoms with Crippen molar-refractivity contribution >= 4 is 70.9 Å². The molecule has 4 heterocycles. The molecule has 272 valence electrons. The van der Waals surface area contributed by atoms with E-state index in [1.165, 1.54) is 79.7 Å². The largest absolute Gasteiger partial charge is 0.350 e. The number of aromatic nitrogens is 1. The summed E-state index contributed by atoms with van der Waals surface area (Å²) in [4.78, 5) is 8.00. The lowest BCUT2D eigenvalue weighted by Gasteiger charge is -2.33. The van der Waals surface area contributed by atoms with Crippen molar-refractivity contribution in [1.82, 2.24) is 15.2 Å². The third kappa shape index (κ3) is 5.43. The molecule has 9 aromatic rings. The Kier molecular flexibility index (Phi) is 7.65. The third-order valence-electron chi connectivity index (χ3n) is 11.8. The first kappa shape index (κ1) is 33.0. The summed E-state index contributed by atoms with van der Waals surface area (Å²) in [6.07, 6.45) is 5.52. The summed E-state index contributed by atoms with van der Waals surface area (Å²) < 4.78 is 5.04. The standard InChI is InChI=1S/C51H36N4S2/c1-3-12-31(13-4-1)49-52-50(32-14-5-2-6-15-32)54-51(53-49)34-22-25-40-46(29-34)57-45-21-11-18-36(48(40)45)33-23-27-44-41(28-33)39-26-24-35(30-47(39)56-44)55-42-19-9-7-16-37(42)38-17-8-10-20-43(38)55/h1-24,26-30,40,49-50,52H,25H2,(H,53,54). The van der Waals surface area contributed by atoms with Crippen LogP contribution in [0.15, 0.2) is 196 Å². The van der Waals surface area contributed by atoms with Gasteiger partial charge in [0.15, 0.2) is 0 Å². The number of benzene rings is 7. The highest BCUT2D eigenvalue weighted by Gasteiger charge is 2.34. The SMILES string of the molecule is C1=C(C2=NC(c3ccccc3)NC(c3ccccc3)N2)C=C2Sc3cccc(-c4ccc5sc6cc(-n7c8ccccc8c8ccccc87)ccc6c5c4)c3C2C1. The van der Waals surface area contributed by atoms with Crippen molar-refractivity contribution in [2.24, 2.45) is 4.99 Å². The average Bonchev–Trinajstić information content (AvgIpc) is 3.95. The number of thioether (sulfide) groups is 1. The molecule has 0 bridgehead atoms. The van der Waals surface area contributed by atoms with Gasteiger partial charge in [0.1, 0.15) is 18.2 Å². The lowest BCUT2D eigenvalue weighted by Crippen LogP contribution is -2.45. The molecule has 0 radical (unpaired) electrons. The van der Waals surface area contributed by atoms with Crippen LogP contribution in [-0.2, 0) is 0 Å². The molecule has 2 aliphatic heterocycles. The van der Waals surface area contributed by atoms with Crippen LogP contribution in [0, 0.1) is 0 Å². The van der Waals surface area contributed by atoms with Gasteiger partial charge in [-0.05, 0) is 87.7 Å². The molecule has 0 amide bonds. The molecule has 6 heteroatoms. The molecule has 4 nitrogen and oxygen atoms in total. The van der Waals surface area contributed by atoms with Crippen molar-refractivity contribution in [2.45, 2.75) is 29.6 Å². The van der Waals surface area contributed by atoms with E-state index >= 15 is 0 Å². The smallest absolute Gasteiger partial charge is 0.131 e. The number of nitrogens with zero attached hydrogens (tertiary/aromatic N) is 2. The number of fused-ring (bicyclic) bond motifs is 9. The number of para-hydroxylation sites is 2. The lowest BCUT2D eigenvalue weighted by atomic mass is 9.85. The second kappa shape index (κ2) is 13.2. The summed E-state index contributed by atoms with van der Waals surface area (Å²) in [7, 11) is 0. The molecule has 2 N–H and O–H groups in total. The number of rotatable bonds is 5. The van der Waals surface area contributed by atoms with Crippen LogP contribution in [0.4, 0.5) is 0 Å². The van der Waals surface area contributed by atoms with Crippen LogP contribution in [0.1, 0.15) is 41.4 Å². The number of hydrogen-bond acceptors (Lipinski definition) is 5. The van der Waals surface area contributed by atoms with E-state index in [0.717, 1.165) is 23.4 Å². The van der Waals surface area contributed by atoms with E-state index < -0.39 is 0 Å². The van der Waals surface area contributed by atoms with Crippen LogP contribution >= 0.6 is 23.1 Å². The molecule has 12 rings (SSSR count). The van der Waals surface area contributed by atoms with Gasteiger partial charge in [-0.3, -0.25) is 5.32 Å². The maximum absolute atomic E-state index is 5.25. The highest BCUT2D eigenvalue weighted by Crippen LogP contribution is 2.55. The van der Waals surface area contributed by atoms with Gasteiger partial charge in [0, 0.05) is 53.0 Å². The van der Waals surface area contributed by atoms with Crippen molar-refractivity contribution in [1.29, 1.82) is 0 Å². The van der Waals surface area contributed by atoms with E-state index in [1.807, 2.05) is 23.1 Å². The normalized spacial score (nSPS) is 18.9. The summed E-state index contributed by atoms with van der Waals surface area (Å²) in [5, 5.41) is 12.7. The summed E-state index contributed by atoms with van der Waals surface area (Å²) in [6.45, 7) is 0. The zero-order chi connectivity index (χ0) is 37.5. The summed E-state index contributed by atoms with van der Waals surface area (Å²) >= 11 is 3.81. The number of aliphatic imine (C=N–C) groups is 1. The second-order valence-corrected chi connectivity index (χ2v) is 17.3. The Morgan fingerprint density at radius 3 is 2.14 bits per heavy atom. The molecule has 3 unspecified atom stereocenters. The van der Waals surface area contributed by atoms with Gasteiger partial charge in [-0.2, -0.15) is 0 Å². The fourth-order valence-electron chi connectivity index (χ4n) is 9.17. The Labute approximate surface area is 338 Å². The number of allylic oxidation sites excluding steroid dienone is 2. The number of amidine groups is 1. The van der Waals surface area contributed by atoms with Gasteiger partial charge in [0.25, 0.3) is 0 Å². The molecular formula is C51H36N4S2. The monoisotopic (exact) mass is 768 g/mol. The first-order chi connectivity index (χ1) is 28.2. The van der Waals surface area contributed by atoms with Gasteiger partial charge in [0.05, 0.1) is 11.0 Å². The Hall–Kier alpha value is -6.18. The van der Waals surface area contributed by atoms with Crippen LogP contribution in [0.3, 0.4) is 0 Å². The van der Waals surface area contributed by atoms with Crippen molar-refractivity contribution in [2.75, 3.05) is 0 Å². The third-order valence-corrected chi connectivity index (χ3v) is 14.2. The van der Waals surface area contributed by atoms with Gasteiger partial charge in [0.2, 0.25) is 0 Å². The summed E-state index contributed by atoms with van der Waals surface area (Å²) in [6, 6.07) is 59.6. The minimum absolute atomic E-state index is 0.0516. The van der Waals surface area contributed by atoms with Crippen molar-refractivity contribution in [3.8, 4) is 16.8 Å². The molecule has 0 saturated heterocycles. The van der Waals surface area contributed by atoms with Crippen LogP contribution in [0.25, 0.3) is 58.8 Å². The van der Waals surface area contributed by atoms with Gasteiger partial charge < -0.3 is 9.88 Å². The second-order valence-electron chi connectivity index (χ2n) is 15.1. The van der Waals surface area contributed by atoms with E-state index in [1.54, 1.807) is 0 Å². The lowest BCUT2D eigenvalue weighted by molar-refractivity contribution is 0.409. The quantitative estimate of drug-likeness (QED) is 0.183. The predicted molar refractivity (Wildman–Crippen MR) is 241 cm³/mol.